The Morgan fingerprint density at radius 1 is 1.56 bits per heavy atom. The fraction of sp³-hybridized carbons (Fsp3) is 0.600. The number of anilines is 1. The van der Waals surface area contributed by atoms with E-state index < -0.39 is 0 Å². The van der Waals surface area contributed by atoms with Crippen molar-refractivity contribution in [2.24, 2.45) is 0 Å². The van der Waals surface area contributed by atoms with Crippen LogP contribution in [0, 0.1) is 0 Å². The Bertz CT molecular complexity index is 359. The van der Waals surface area contributed by atoms with E-state index in [0.29, 0.717) is 18.0 Å². The summed E-state index contributed by atoms with van der Waals surface area (Å²) < 4.78 is 0. The van der Waals surface area contributed by atoms with Gasteiger partial charge in [0.2, 0.25) is 5.91 Å². The summed E-state index contributed by atoms with van der Waals surface area (Å²) in [7, 11) is 0. The highest BCUT2D eigenvalue weighted by Crippen LogP contribution is 2.13. The molecule has 0 spiro atoms. The lowest BCUT2D eigenvalue weighted by Gasteiger charge is -2.27. The predicted octanol–water partition coefficient (Wildman–Crippen LogP) is 0.0897. The number of nitrogen functional groups attached to an aromatic ring is 1. The molecule has 0 saturated carbocycles. The number of nitrogens with one attached hydrogen (secondary N) is 1. The molecule has 16 heavy (non-hydrogen) atoms. The van der Waals surface area contributed by atoms with Crippen molar-refractivity contribution in [3.05, 3.63) is 11.1 Å². The lowest BCUT2D eigenvalue weighted by molar-refractivity contribution is -0.131. The first-order valence-electron chi connectivity index (χ1n) is 5.44. The molecule has 0 atom stereocenters. The summed E-state index contributed by atoms with van der Waals surface area (Å²) in [4.78, 5) is 17.9. The summed E-state index contributed by atoms with van der Waals surface area (Å²) in [6.45, 7) is 3.43. The lowest BCUT2D eigenvalue weighted by Crippen LogP contribution is -2.46. The average Bonchev–Trinajstić information content (AvgIpc) is 2.73. The topological polar surface area (TPSA) is 71.2 Å². The van der Waals surface area contributed by atoms with E-state index in [9.17, 15) is 4.79 Å². The fourth-order valence-corrected chi connectivity index (χ4v) is 2.34. The van der Waals surface area contributed by atoms with Crippen LogP contribution in [0.25, 0.3) is 0 Å². The predicted molar refractivity (Wildman–Crippen MR) is 64.3 cm³/mol. The van der Waals surface area contributed by atoms with Crippen LogP contribution in [-0.4, -0.2) is 42.0 Å². The first kappa shape index (κ1) is 11.3. The summed E-state index contributed by atoms with van der Waals surface area (Å²) in [6.07, 6.45) is 1.22. The number of carbonyl (C=O) groups excluding carboxylic acids is 1. The third-order valence-corrected chi connectivity index (χ3v) is 3.36. The Balaban J connectivity index is 1.78. The SMILES string of the molecule is Nc1nc(CCC(=O)N2CCNCC2)cs1. The molecule has 0 unspecified atom stereocenters. The van der Waals surface area contributed by atoms with Gasteiger partial charge in [0.25, 0.3) is 0 Å². The first-order chi connectivity index (χ1) is 7.75. The van der Waals surface area contributed by atoms with E-state index in [1.807, 2.05) is 10.3 Å². The Kier molecular flexibility index (Phi) is 3.74. The van der Waals surface area contributed by atoms with Crippen LogP contribution in [0.4, 0.5) is 5.13 Å². The van der Waals surface area contributed by atoms with Crippen molar-refractivity contribution in [1.82, 2.24) is 15.2 Å². The highest BCUT2D eigenvalue weighted by Gasteiger charge is 2.15. The van der Waals surface area contributed by atoms with Crippen LogP contribution in [0.5, 0.6) is 0 Å². The summed E-state index contributed by atoms with van der Waals surface area (Å²) in [6, 6.07) is 0. The molecule has 0 bridgehead atoms. The Morgan fingerprint density at radius 2 is 2.31 bits per heavy atom. The van der Waals surface area contributed by atoms with Crippen molar-refractivity contribution in [1.29, 1.82) is 0 Å². The molecule has 0 aliphatic carbocycles. The Labute approximate surface area is 98.7 Å². The molecule has 1 saturated heterocycles. The molecule has 88 valence electrons. The second-order valence-corrected chi connectivity index (χ2v) is 4.70. The highest BCUT2D eigenvalue weighted by atomic mass is 32.1. The van der Waals surface area contributed by atoms with Gasteiger partial charge in [0, 0.05) is 38.0 Å². The number of thiazole rings is 1. The number of amides is 1. The molecule has 1 aliphatic rings. The number of carbonyl (C=O) groups is 1. The summed E-state index contributed by atoms with van der Waals surface area (Å²) >= 11 is 1.42. The van der Waals surface area contributed by atoms with Crippen LogP contribution in [0.3, 0.4) is 0 Å². The van der Waals surface area contributed by atoms with E-state index in [0.717, 1.165) is 31.9 Å². The summed E-state index contributed by atoms with van der Waals surface area (Å²) in [5.74, 6) is 0.216. The molecule has 2 heterocycles. The van der Waals surface area contributed by atoms with Crippen LogP contribution < -0.4 is 11.1 Å². The van der Waals surface area contributed by atoms with Crippen LogP contribution in [0.1, 0.15) is 12.1 Å². The van der Waals surface area contributed by atoms with Crippen molar-refractivity contribution < 1.29 is 4.79 Å². The van der Waals surface area contributed by atoms with E-state index in [-0.39, 0.29) is 5.91 Å². The van der Waals surface area contributed by atoms with Crippen LogP contribution in [0.2, 0.25) is 0 Å². The molecule has 1 aliphatic heterocycles. The maximum Gasteiger partial charge on any atom is 0.223 e. The number of piperazine rings is 1. The largest absolute Gasteiger partial charge is 0.375 e. The number of hydrogen-bond donors (Lipinski definition) is 2. The Morgan fingerprint density at radius 3 is 2.94 bits per heavy atom. The minimum atomic E-state index is 0.216. The van der Waals surface area contributed by atoms with Crippen molar-refractivity contribution in [3.63, 3.8) is 0 Å². The molecular formula is C10H16N4OS. The molecule has 6 heteroatoms. The molecule has 1 amide bonds. The maximum atomic E-state index is 11.8. The van der Waals surface area contributed by atoms with Gasteiger partial charge in [-0.15, -0.1) is 11.3 Å². The van der Waals surface area contributed by atoms with E-state index in [1.165, 1.54) is 11.3 Å². The average molecular weight is 240 g/mol. The number of nitrogens with zero attached hydrogens (tertiary/aromatic N) is 2. The lowest BCUT2D eigenvalue weighted by atomic mass is 10.2. The van der Waals surface area contributed by atoms with Crippen molar-refractivity contribution in [3.8, 4) is 0 Å². The first-order valence-corrected chi connectivity index (χ1v) is 6.32. The quantitative estimate of drug-likeness (QED) is 0.785. The highest BCUT2D eigenvalue weighted by molar-refractivity contribution is 7.13. The van der Waals surface area contributed by atoms with E-state index in [1.54, 1.807) is 0 Å². The summed E-state index contributed by atoms with van der Waals surface area (Å²) in [5, 5.41) is 5.72. The van der Waals surface area contributed by atoms with Gasteiger partial charge in [-0.1, -0.05) is 0 Å². The smallest absolute Gasteiger partial charge is 0.223 e. The van der Waals surface area contributed by atoms with Gasteiger partial charge in [-0.05, 0) is 6.42 Å². The van der Waals surface area contributed by atoms with Crippen molar-refractivity contribution >= 4 is 22.4 Å². The molecule has 2 rings (SSSR count). The molecule has 1 fully saturated rings. The van der Waals surface area contributed by atoms with Gasteiger partial charge >= 0.3 is 0 Å². The van der Waals surface area contributed by atoms with Crippen LogP contribution in [-0.2, 0) is 11.2 Å². The zero-order valence-electron chi connectivity index (χ0n) is 9.11. The third-order valence-electron chi connectivity index (χ3n) is 2.63. The van der Waals surface area contributed by atoms with Gasteiger partial charge in [0.05, 0.1) is 5.69 Å². The standard InChI is InChI=1S/C10H16N4OS/c11-10-13-8(7-16-10)1-2-9(15)14-5-3-12-4-6-14/h7,12H,1-6H2,(H2,11,13). The van der Waals surface area contributed by atoms with E-state index in [2.05, 4.69) is 10.3 Å². The maximum absolute atomic E-state index is 11.8. The molecule has 3 N–H and O–H groups in total. The van der Waals surface area contributed by atoms with Crippen LogP contribution in [0.15, 0.2) is 5.38 Å². The zero-order valence-corrected chi connectivity index (χ0v) is 9.92. The minimum Gasteiger partial charge on any atom is -0.375 e. The number of hydrogen-bond acceptors (Lipinski definition) is 5. The normalized spacial score (nSPS) is 16.4. The molecule has 0 aromatic carbocycles. The second kappa shape index (κ2) is 5.27. The Hall–Kier alpha value is -1.14. The molecule has 1 aromatic rings. The van der Waals surface area contributed by atoms with Crippen molar-refractivity contribution in [2.75, 3.05) is 31.9 Å². The molecule has 0 radical (unpaired) electrons. The third kappa shape index (κ3) is 2.93. The van der Waals surface area contributed by atoms with E-state index >= 15 is 0 Å². The molecule has 5 nitrogen and oxygen atoms in total. The second-order valence-electron chi connectivity index (χ2n) is 3.81. The van der Waals surface area contributed by atoms with Crippen LogP contribution >= 0.6 is 11.3 Å². The number of aryl methyl sites for hydroxylation is 1. The van der Waals surface area contributed by atoms with Gasteiger partial charge < -0.3 is 16.0 Å². The monoisotopic (exact) mass is 240 g/mol. The van der Waals surface area contributed by atoms with Gasteiger partial charge in [-0.2, -0.15) is 0 Å². The minimum absolute atomic E-state index is 0.216. The van der Waals surface area contributed by atoms with E-state index in [4.69, 9.17) is 5.73 Å². The zero-order chi connectivity index (χ0) is 11.4. The van der Waals surface area contributed by atoms with Gasteiger partial charge in [0.15, 0.2) is 5.13 Å². The number of nitrogens with two attached hydrogens (primary N) is 1. The van der Waals surface area contributed by atoms with Gasteiger partial charge in [0.1, 0.15) is 0 Å². The number of aromatic nitrogens is 1. The molecule has 1 aromatic heterocycles. The van der Waals surface area contributed by atoms with Gasteiger partial charge in [-0.25, -0.2) is 4.98 Å². The van der Waals surface area contributed by atoms with Gasteiger partial charge in [-0.3, -0.25) is 4.79 Å². The number of rotatable bonds is 3. The molecular weight excluding hydrogens is 224 g/mol. The fourth-order valence-electron chi connectivity index (χ4n) is 1.74. The summed E-state index contributed by atoms with van der Waals surface area (Å²) in [5.41, 5.74) is 6.45. The van der Waals surface area contributed by atoms with Crippen molar-refractivity contribution in [2.45, 2.75) is 12.8 Å².